The fraction of sp³-hybridized carbons (Fsp3) is 0.167. The number of nitrogens with two attached hydrogens (primary N) is 2. The van der Waals surface area contributed by atoms with Crippen molar-refractivity contribution in [3.63, 3.8) is 0 Å². The molecule has 17 heavy (non-hydrogen) atoms. The molecule has 94 valence electrons. The van der Waals surface area contributed by atoms with Gasteiger partial charge in [-0.1, -0.05) is 0 Å². The molecule has 8 nitrogen and oxygen atoms in total. The number of nitrogen functional groups attached to an aromatic ring is 1. The van der Waals surface area contributed by atoms with Crippen LogP contribution in [0.4, 0.5) is 20.2 Å². The van der Waals surface area contributed by atoms with Gasteiger partial charge in [0.05, 0.1) is 4.92 Å². The fourth-order valence-electron chi connectivity index (χ4n) is 1.05. The van der Waals surface area contributed by atoms with Crippen molar-refractivity contribution in [1.82, 2.24) is 4.98 Å². The summed E-state index contributed by atoms with van der Waals surface area (Å²) in [7, 11) is -4.62. The Hall–Kier alpha value is -1.88. The second-order valence-corrected chi connectivity index (χ2v) is 4.37. The molecule has 1 heterocycles. The second kappa shape index (κ2) is 4.18. The highest BCUT2D eigenvalue weighted by Crippen LogP contribution is 2.31. The van der Waals surface area contributed by atoms with Crippen LogP contribution in [0.5, 0.6) is 0 Å². The van der Waals surface area contributed by atoms with E-state index in [9.17, 15) is 27.3 Å². The minimum absolute atomic E-state index is 0.525. The van der Waals surface area contributed by atoms with E-state index in [-0.39, 0.29) is 0 Å². The first-order chi connectivity index (χ1) is 7.64. The molecule has 0 radical (unpaired) electrons. The average Bonchev–Trinajstić information content (AvgIpc) is 2.14. The number of alkyl halides is 2. The van der Waals surface area contributed by atoms with Crippen LogP contribution in [-0.2, 0) is 10.0 Å². The van der Waals surface area contributed by atoms with E-state index in [0.29, 0.717) is 6.07 Å². The SMILES string of the molecule is Nc1cc(C(F)F)nc(S(N)(=O)=O)c1[N+](=O)[O-]. The average molecular weight is 268 g/mol. The molecule has 0 aliphatic rings. The van der Waals surface area contributed by atoms with Crippen LogP contribution in [0.3, 0.4) is 0 Å². The van der Waals surface area contributed by atoms with Crippen LogP contribution < -0.4 is 10.9 Å². The summed E-state index contributed by atoms with van der Waals surface area (Å²) in [6, 6.07) is 0.525. The van der Waals surface area contributed by atoms with E-state index in [0.717, 1.165) is 0 Å². The Balaban J connectivity index is 3.69. The predicted molar refractivity (Wildman–Crippen MR) is 51.6 cm³/mol. The lowest BCUT2D eigenvalue weighted by molar-refractivity contribution is -0.387. The van der Waals surface area contributed by atoms with Crippen molar-refractivity contribution in [2.75, 3.05) is 5.73 Å². The van der Waals surface area contributed by atoms with E-state index in [2.05, 4.69) is 10.1 Å². The lowest BCUT2D eigenvalue weighted by Crippen LogP contribution is -2.18. The first kappa shape index (κ1) is 13.2. The predicted octanol–water partition coefficient (Wildman–Crippen LogP) is 0.157. The maximum Gasteiger partial charge on any atom is 0.330 e. The molecule has 11 heteroatoms. The molecule has 0 saturated heterocycles. The summed E-state index contributed by atoms with van der Waals surface area (Å²) in [5.74, 6) is 0. The van der Waals surface area contributed by atoms with Gasteiger partial charge in [-0.25, -0.2) is 27.3 Å². The number of hydrogen-bond acceptors (Lipinski definition) is 6. The zero-order valence-electron chi connectivity index (χ0n) is 8.00. The van der Waals surface area contributed by atoms with Gasteiger partial charge in [-0.15, -0.1) is 0 Å². The number of halogens is 2. The van der Waals surface area contributed by atoms with Gasteiger partial charge in [-0.2, -0.15) is 0 Å². The molecule has 0 bridgehead atoms. The van der Waals surface area contributed by atoms with Gasteiger partial charge in [0, 0.05) is 0 Å². The van der Waals surface area contributed by atoms with E-state index >= 15 is 0 Å². The van der Waals surface area contributed by atoms with Gasteiger partial charge in [0.1, 0.15) is 11.4 Å². The summed E-state index contributed by atoms with van der Waals surface area (Å²) in [5, 5.41) is 13.9. The highest BCUT2D eigenvalue weighted by molar-refractivity contribution is 7.89. The summed E-state index contributed by atoms with van der Waals surface area (Å²) in [4.78, 5) is 12.3. The summed E-state index contributed by atoms with van der Waals surface area (Å²) in [6.07, 6.45) is -3.13. The molecule has 1 aromatic heterocycles. The van der Waals surface area contributed by atoms with Gasteiger partial charge in [0.25, 0.3) is 21.5 Å². The largest absolute Gasteiger partial charge is 0.393 e. The molecule has 0 amide bonds. The third-order valence-electron chi connectivity index (χ3n) is 1.69. The van der Waals surface area contributed by atoms with Gasteiger partial charge in [0.2, 0.25) is 0 Å². The highest BCUT2D eigenvalue weighted by Gasteiger charge is 2.30. The Morgan fingerprint density at radius 2 is 2.00 bits per heavy atom. The topological polar surface area (TPSA) is 142 Å². The molecule has 0 unspecified atom stereocenters. The molecule has 1 aromatic rings. The van der Waals surface area contributed by atoms with E-state index in [4.69, 9.17) is 5.73 Å². The standard InChI is InChI=1S/C6H6F2N4O4S/c7-5(8)3-1-2(9)4(12(13)14)6(11-3)17(10,15)16/h1,5H,(H2,9,11)(H2,10,15,16). The number of pyridine rings is 1. The van der Waals surface area contributed by atoms with Crippen molar-refractivity contribution in [2.45, 2.75) is 11.5 Å². The van der Waals surface area contributed by atoms with Crippen molar-refractivity contribution in [3.8, 4) is 0 Å². The lowest BCUT2D eigenvalue weighted by Gasteiger charge is -2.05. The second-order valence-electron chi connectivity index (χ2n) is 2.89. The van der Waals surface area contributed by atoms with E-state index in [1.54, 1.807) is 0 Å². The molecule has 0 saturated carbocycles. The summed E-state index contributed by atoms with van der Waals surface area (Å²) < 4.78 is 46.6. The number of hydrogen-bond donors (Lipinski definition) is 2. The van der Waals surface area contributed by atoms with Crippen molar-refractivity contribution in [2.24, 2.45) is 5.14 Å². The molecule has 0 spiro atoms. The van der Waals surface area contributed by atoms with Crippen molar-refractivity contribution < 1.29 is 22.1 Å². The molecule has 0 atom stereocenters. The number of rotatable bonds is 3. The molecule has 0 aliphatic carbocycles. The first-order valence-corrected chi connectivity index (χ1v) is 5.45. The zero-order valence-corrected chi connectivity index (χ0v) is 8.82. The van der Waals surface area contributed by atoms with Crippen LogP contribution in [0.15, 0.2) is 11.1 Å². The van der Waals surface area contributed by atoms with Crippen LogP contribution in [0.1, 0.15) is 12.1 Å². The van der Waals surface area contributed by atoms with Gasteiger partial charge in [-0.3, -0.25) is 10.1 Å². The number of nitrogens with zero attached hydrogens (tertiary/aromatic N) is 2. The Morgan fingerprint density at radius 3 is 2.35 bits per heavy atom. The van der Waals surface area contributed by atoms with Crippen LogP contribution in [-0.4, -0.2) is 18.3 Å². The molecule has 0 fully saturated rings. The third kappa shape index (κ3) is 2.62. The minimum atomic E-state index is -4.62. The zero-order chi connectivity index (χ0) is 13.4. The molecule has 1 rings (SSSR count). The summed E-state index contributed by atoms with van der Waals surface area (Å²) in [6.45, 7) is 0. The van der Waals surface area contributed by atoms with E-state index in [1.807, 2.05) is 0 Å². The van der Waals surface area contributed by atoms with Gasteiger partial charge in [0.15, 0.2) is 0 Å². The first-order valence-electron chi connectivity index (χ1n) is 3.90. The van der Waals surface area contributed by atoms with E-state index < -0.39 is 43.5 Å². The highest BCUT2D eigenvalue weighted by atomic mass is 32.2. The number of nitro groups is 1. The van der Waals surface area contributed by atoms with Crippen molar-refractivity contribution in [1.29, 1.82) is 0 Å². The monoisotopic (exact) mass is 268 g/mol. The maximum atomic E-state index is 12.3. The summed E-state index contributed by atoms with van der Waals surface area (Å²) in [5.41, 5.74) is 2.26. The maximum absolute atomic E-state index is 12.3. The molecule has 0 aliphatic heterocycles. The number of anilines is 1. The number of primary sulfonamides is 1. The van der Waals surface area contributed by atoms with Crippen LogP contribution >= 0.6 is 0 Å². The molecular formula is C6H6F2N4O4S. The third-order valence-corrected chi connectivity index (χ3v) is 2.51. The van der Waals surface area contributed by atoms with Crippen molar-refractivity contribution in [3.05, 3.63) is 21.9 Å². The van der Waals surface area contributed by atoms with Gasteiger partial charge in [-0.05, 0) is 6.07 Å². The van der Waals surface area contributed by atoms with Gasteiger partial charge >= 0.3 is 5.69 Å². The van der Waals surface area contributed by atoms with Crippen LogP contribution in [0.2, 0.25) is 0 Å². The fourth-order valence-corrected chi connectivity index (χ4v) is 1.74. The molecule has 4 N–H and O–H groups in total. The normalized spacial score (nSPS) is 11.8. The number of aromatic nitrogens is 1. The van der Waals surface area contributed by atoms with Crippen LogP contribution in [0.25, 0.3) is 0 Å². The quantitative estimate of drug-likeness (QED) is 0.590. The van der Waals surface area contributed by atoms with E-state index in [1.165, 1.54) is 0 Å². The lowest BCUT2D eigenvalue weighted by atomic mass is 10.3. The minimum Gasteiger partial charge on any atom is -0.393 e. The number of sulfonamides is 1. The van der Waals surface area contributed by atoms with Crippen molar-refractivity contribution >= 4 is 21.4 Å². The molecule has 0 aromatic carbocycles. The Kier molecular flexibility index (Phi) is 3.24. The summed E-state index contributed by atoms with van der Waals surface area (Å²) >= 11 is 0. The smallest absolute Gasteiger partial charge is 0.330 e. The van der Waals surface area contributed by atoms with Gasteiger partial charge < -0.3 is 5.73 Å². The Morgan fingerprint density at radius 1 is 1.47 bits per heavy atom. The molecular weight excluding hydrogens is 262 g/mol. The Labute approximate surface area is 93.4 Å². The Bertz CT molecular complexity index is 574. The van der Waals surface area contributed by atoms with Crippen LogP contribution in [0, 0.1) is 10.1 Å².